The molecule has 27 heavy (non-hydrogen) atoms. The summed E-state index contributed by atoms with van der Waals surface area (Å²) in [6.45, 7) is -0.0526. The Bertz CT molecular complexity index is 763. The zero-order chi connectivity index (χ0) is 19.6. The van der Waals surface area contributed by atoms with Gasteiger partial charge in [0.2, 0.25) is 0 Å². The molecule has 0 unspecified atom stereocenters. The number of carboxylic acid groups (broad SMARTS) is 2. The van der Waals surface area contributed by atoms with E-state index in [4.69, 9.17) is 9.84 Å². The van der Waals surface area contributed by atoms with Gasteiger partial charge in [0.1, 0.15) is 12.6 Å². The molecule has 0 saturated carbocycles. The van der Waals surface area contributed by atoms with E-state index in [-0.39, 0.29) is 26.0 Å². The van der Waals surface area contributed by atoms with Gasteiger partial charge >= 0.3 is 18.0 Å². The van der Waals surface area contributed by atoms with E-state index in [2.05, 4.69) is 0 Å². The standard InChI is InChI=1S/C20H21NO6/c22-18(23)12-11-17(19(24)27-14-16-9-5-2-6-10-16)21(20(25)26)13-15-7-3-1-4-8-15/h1-10,17H,11-14H2,(H,22,23)(H,25,26)/t17-/m0/s1. The maximum absolute atomic E-state index is 12.5. The molecule has 0 saturated heterocycles. The normalized spacial score (nSPS) is 11.4. The number of ether oxygens (including phenoxy) is 1. The number of amides is 1. The first-order valence-corrected chi connectivity index (χ1v) is 8.43. The summed E-state index contributed by atoms with van der Waals surface area (Å²) < 4.78 is 5.25. The summed E-state index contributed by atoms with van der Waals surface area (Å²) in [7, 11) is 0. The third kappa shape index (κ3) is 6.47. The van der Waals surface area contributed by atoms with Crippen LogP contribution in [0.3, 0.4) is 0 Å². The molecule has 0 heterocycles. The van der Waals surface area contributed by atoms with Crippen LogP contribution in [0.25, 0.3) is 0 Å². The molecule has 2 rings (SSSR count). The predicted molar refractivity (Wildman–Crippen MR) is 96.9 cm³/mol. The second-order valence-electron chi connectivity index (χ2n) is 5.94. The average molecular weight is 371 g/mol. The largest absolute Gasteiger partial charge is 0.481 e. The van der Waals surface area contributed by atoms with Crippen LogP contribution >= 0.6 is 0 Å². The van der Waals surface area contributed by atoms with Crippen molar-refractivity contribution >= 4 is 18.0 Å². The summed E-state index contributed by atoms with van der Waals surface area (Å²) in [5.74, 6) is -1.88. The lowest BCUT2D eigenvalue weighted by atomic mass is 10.1. The fourth-order valence-corrected chi connectivity index (χ4v) is 2.58. The molecule has 2 N–H and O–H groups in total. The molecular formula is C20H21NO6. The third-order valence-corrected chi connectivity index (χ3v) is 3.95. The van der Waals surface area contributed by atoms with E-state index in [0.29, 0.717) is 5.56 Å². The highest BCUT2D eigenvalue weighted by molar-refractivity contribution is 5.81. The number of carboxylic acids is 1. The van der Waals surface area contributed by atoms with Crippen molar-refractivity contribution in [2.24, 2.45) is 0 Å². The van der Waals surface area contributed by atoms with Gasteiger partial charge in [0, 0.05) is 13.0 Å². The molecule has 7 nitrogen and oxygen atoms in total. The topological polar surface area (TPSA) is 104 Å². The van der Waals surface area contributed by atoms with Gasteiger partial charge in [0.25, 0.3) is 0 Å². The van der Waals surface area contributed by atoms with Gasteiger partial charge in [-0.25, -0.2) is 9.59 Å². The smallest absolute Gasteiger partial charge is 0.408 e. The van der Waals surface area contributed by atoms with Gasteiger partial charge < -0.3 is 14.9 Å². The molecule has 1 amide bonds. The van der Waals surface area contributed by atoms with Crippen LogP contribution in [0.4, 0.5) is 4.79 Å². The molecule has 2 aromatic rings. The quantitative estimate of drug-likeness (QED) is 0.656. The van der Waals surface area contributed by atoms with Crippen LogP contribution in [0.15, 0.2) is 60.7 Å². The summed E-state index contributed by atoms with van der Waals surface area (Å²) in [5.41, 5.74) is 1.45. The number of rotatable bonds is 9. The summed E-state index contributed by atoms with van der Waals surface area (Å²) in [6, 6.07) is 16.6. The Morgan fingerprint density at radius 1 is 0.889 bits per heavy atom. The van der Waals surface area contributed by atoms with Crippen LogP contribution in [0.5, 0.6) is 0 Å². The molecular weight excluding hydrogens is 350 g/mol. The molecule has 0 aliphatic carbocycles. The molecule has 142 valence electrons. The van der Waals surface area contributed by atoms with E-state index in [1.165, 1.54) is 0 Å². The van der Waals surface area contributed by atoms with E-state index >= 15 is 0 Å². The lowest BCUT2D eigenvalue weighted by molar-refractivity contribution is -0.151. The molecule has 0 aliphatic rings. The number of hydrogen-bond acceptors (Lipinski definition) is 4. The first-order chi connectivity index (χ1) is 13.0. The molecule has 1 atom stereocenters. The van der Waals surface area contributed by atoms with Gasteiger partial charge in [0.05, 0.1) is 0 Å². The number of carbonyl (C=O) groups is 3. The van der Waals surface area contributed by atoms with Crippen molar-refractivity contribution < 1.29 is 29.3 Å². The first-order valence-electron chi connectivity index (χ1n) is 8.43. The van der Waals surface area contributed by atoms with Crippen LogP contribution in [0.1, 0.15) is 24.0 Å². The number of nitrogens with zero attached hydrogens (tertiary/aromatic N) is 1. The van der Waals surface area contributed by atoms with Gasteiger partial charge in [0.15, 0.2) is 0 Å². The number of carbonyl (C=O) groups excluding carboxylic acids is 1. The number of aliphatic carboxylic acids is 1. The Kier molecular flexibility index (Phi) is 7.37. The van der Waals surface area contributed by atoms with Crippen molar-refractivity contribution in [1.82, 2.24) is 4.90 Å². The van der Waals surface area contributed by atoms with Crippen LogP contribution < -0.4 is 0 Å². The summed E-state index contributed by atoms with van der Waals surface area (Å²) in [6.07, 6.45) is -1.82. The average Bonchev–Trinajstić information content (AvgIpc) is 2.67. The minimum Gasteiger partial charge on any atom is -0.481 e. The minimum absolute atomic E-state index is 0.0119. The molecule has 0 spiro atoms. The summed E-state index contributed by atoms with van der Waals surface area (Å²) in [5, 5.41) is 18.5. The zero-order valence-electron chi connectivity index (χ0n) is 14.7. The van der Waals surface area contributed by atoms with Crippen LogP contribution in [-0.4, -0.2) is 39.2 Å². The highest BCUT2D eigenvalue weighted by atomic mass is 16.5. The number of esters is 1. The molecule has 7 heteroatoms. The molecule has 0 radical (unpaired) electrons. The van der Waals surface area contributed by atoms with Gasteiger partial charge in [-0.2, -0.15) is 0 Å². The summed E-state index contributed by atoms with van der Waals surface area (Å²) >= 11 is 0. The van der Waals surface area contributed by atoms with Crippen LogP contribution in [0.2, 0.25) is 0 Å². The van der Waals surface area contributed by atoms with Crippen LogP contribution in [-0.2, 0) is 27.5 Å². The van der Waals surface area contributed by atoms with Crippen molar-refractivity contribution in [3.8, 4) is 0 Å². The predicted octanol–water partition coefficient (Wildman–Crippen LogP) is 3.14. The number of hydrogen-bond donors (Lipinski definition) is 2. The van der Waals surface area contributed by atoms with E-state index < -0.39 is 24.1 Å². The monoisotopic (exact) mass is 371 g/mol. The van der Waals surface area contributed by atoms with Gasteiger partial charge in [-0.05, 0) is 17.5 Å². The number of benzene rings is 2. The maximum atomic E-state index is 12.5. The summed E-state index contributed by atoms with van der Waals surface area (Å²) in [4.78, 5) is 36.1. The van der Waals surface area contributed by atoms with Crippen molar-refractivity contribution in [1.29, 1.82) is 0 Å². The third-order valence-electron chi connectivity index (χ3n) is 3.95. The van der Waals surface area contributed by atoms with E-state index in [0.717, 1.165) is 10.5 Å². The lowest BCUT2D eigenvalue weighted by Gasteiger charge is -2.27. The van der Waals surface area contributed by atoms with Gasteiger partial charge in [-0.3, -0.25) is 9.69 Å². The SMILES string of the molecule is O=C(O)CC[C@@H](C(=O)OCc1ccccc1)N(Cc1ccccc1)C(=O)O. The molecule has 0 aromatic heterocycles. The highest BCUT2D eigenvalue weighted by Gasteiger charge is 2.31. The van der Waals surface area contributed by atoms with Gasteiger partial charge in [-0.1, -0.05) is 60.7 Å². The molecule has 0 aliphatic heterocycles. The Balaban J connectivity index is 2.14. The Labute approximate surface area is 156 Å². The fraction of sp³-hybridized carbons (Fsp3) is 0.250. The Morgan fingerprint density at radius 3 is 1.96 bits per heavy atom. The Morgan fingerprint density at radius 2 is 1.44 bits per heavy atom. The highest BCUT2D eigenvalue weighted by Crippen LogP contribution is 2.16. The van der Waals surface area contributed by atoms with Crippen molar-refractivity contribution in [2.75, 3.05) is 0 Å². The van der Waals surface area contributed by atoms with Crippen molar-refractivity contribution in [3.63, 3.8) is 0 Å². The van der Waals surface area contributed by atoms with Crippen LogP contribution in [0, 0.1) is 0 Å². The van der Waals surface area contributed by atoms with Gasteiger partial charge in [-0.15, -0.1) is 0 Å². The lowest BCUT2D eigenvalue weighted by Crippen LogP contribution is -2.45. The molecule has 0 fully saturated rings. The van der Waals surface area contributed by atoms with Crippen molar-refractivity contribution in [2.45, 2.75) is 32.0 Å². The fourth-order valence-electron chi connectivity index (χ4n) is 2.58. The second kappa shape index (κ2) is 9.96. The molecule has 2 aromatic carbocycles. The Hall–Kier alpha value is -3.35. The van der Waals surface area contributed by atoms with Crippen molar-refractivity contribution in [3.05, 3.63) is 71.8 Å². The van der Waals surface area contributed by atoms with E-state index in [1.807, 2.05) is 6.07 Å². The second-order valence-corrected chi connectivity index (χ2v) is 5.94. The maximum Gasteiger partial charge on any atom is 0.408 e. The molecule has 0 bridgehead atoms. The van der Waals surface area contributed by atoms with E-state index in [9.17, 15) is 19.5 Å². The zero-order valence-corrected chi connectivity index (χ0v) is 14.7. The minimum atomic E-state index is -1.31. The first kappa shape index (κ1) is 20.0. The van der Waals surface area contributed by atoms with E-state index in [1.54, 1.807) is 54.6 Å².